The minimum atomic E-state index is 0.528. The summed E-state index contributed by atoms with van der Waals surface area (Å²) >= 11 is 0. The zero-order chi connectivity index (χ0) is 13.9. The summed E-state index contributed by atoms with van der Waals surface area (Å²) in [7, 11) is 0. The Morgan fingerprint density at radius 3 is 2.80 bits per heavy atom. The van der Waals surface area contributed by atoms with Gasteiger partial charge in [-0.25, -0.2) is 4.98 Å². The van der Waals surface area contributed by atoms with Crippen LogP contribution >= 0.6 is 0 Å². The quantitative estimate of drug-likeness (QED) is 0.930. The van der Waals surface area contributed by atoms with Gasteiger partial charge in [0.15, 0.2) is 17.4 Å². The highest BCUT2D eigenvalue weighted by molar-refractivity contribution is 5.65. The van der Waals surface area contributed by atoms with E-state index in [2.05, 4.69) is 4.98 Å². The molecule has 1 aromatic carbocycles. The van der Waals surface area contributed by atoms with E-state index in [4.69, 9.17) is 19.6 Å². The third kappa shape index (κ3) is 2.49. The van der Waals surface area contributed by atoms with Gasteiger partial charge in [-0.05, 0) is 25.1 Å². The number of aryl methyl sites for hydroxylation is 1. The third-order valence-corrected chi connectivity index (χ3v) is 3.22. The second-order valence-corrected chi connectivity index (χ2v) is 4.76. The van der Waals surface area contributed by atoms with E-state index in [0.717, 1.165) is 34.9 Å². The molecule has 0 unspecified atom stereocenters. The van der Waals surface area contributed by atoms with Crippen molar-refractivity contribution in [2.75, 3.05) is 19.8 Å². The van der Waals surface area contributed by atoms with Gasteiger partial charge in [-0.1, -0.05) is 0 Å². The third-order valence-electron chi connectivity index (χ3n) is 3.22. The Morgan fingerprint density at radius 1 is 1.20 bits per heavy atom. The lowest BCUT2D eigenvalue weighted by molar-refractivity contribution is 0.297. The Hall–Kier alpha value is -2.01. The molecule has 2 aromatic rings. The van der Waals surface area contributed by atoms with Crippen LogP contribution in [0.2, 0.25) is 0 Å². The van der Waals surface area contributed by atoms with Gasteiger partial charge in [0.2, 0.25) is 0 Å². The van der Waals surface area contributed by atoms with Crippen molar-refractivity contribution in [3.05, 3.63) is 29.9 Å². The van der Waals surface area contributed by atoms with Crippen molar-refractivity contribution >= 4 is 0 Å². The smallest absolute Gasteiger partial charge is 0.196 e. The van der Waals surface area contributed by atoms with Gasteiger partial charge in [0.25, 0.3) is 0 Å². The molecule has 1 aliphatic rings. The molecule has 0 spiro atoms. The first-order chi connectivity index (χ1) is 9.78. The molecule has 1 aliphatic heterocycles. The van der Waals surface area contributed by atoms with Crippen LogP contribution in [0.15, 0.2) is 22.6 Å². The Morgan fingerprint density at radius 2 is 2.00 bits per heavy atom. The number of oxazole rings is 1. The van der Waals surface area contributed by atoms with E-state index in [9.17, 15) is 0 Å². The van der Waals surface area contributed by atoms with Crippen LogP contribution in [0.4, 0.5) is 0 Å². The summed E-state index contributed by atoms with van der Waals surface area (Å²) in [6.45, 7) is 3.80. The second-order valence-electron chi connectivity index (χ2n) is 4.76. The molecule has 2 N–H and O–H groups in total. The first-order valence-electron chi connectivity index (χ1n) is 6.84. The van der Waals surface area contributed by atoms with E-state index in [1.54, 1.807) is 0 Å². The number of hydrogen-bond acceptors (Lipinski definition) is 5. The molecule has 1 aromatic heterocycles. The highest BCUT2D eigenvalue weighted by atomic mass is 16.5. The lowest BCUT2D eigenvalue weighted by Crippen LogP contribution is -2.02. The largest absolute Gasteiger partial charge is 0.490 e. The Kier molecular flexibility index (Phi) is 3.60. The van der Waals surface area contributed by atoms with Crippen molar-refractivity contribution in [1.29, 1.82) is 0 Å². The number of benzene rings is 1. The summed E-state index contributed by atoms with van der Waals surface area (Å²) in [6, 6.07) is 5.86. The average molecular weight is 274 g/mol. The summed E-state index contributed by atoms with van der Waals surface area (Å²) in [6.07, 6.45) is 1.54. The molecule has 0 bridgehead atoms. The molecular formula is C15H18N2O3. The molecule has 106 valence electrons. The normalized spacial score (nSPS) is 14.1. The SMILES string of the molecule is Cc1oc(CCN)nc1-c1ccc2c(c1)OCCCO2. The van der Waals surface area contributed by atoms with Crippen molar-refractivity contribution in [2.45, 2.75) is 19.8 Å². The summed E-state index contributed by atoms with van der Waals surface area (Å²) in [5, 5.41) is 0. The maximum absolute atomic E-state index is 5.70. The maximum atomic E-state index is 5.70. The zero-order valence-electron chi connectivity index (χ0n) is 11.5. The molecule has 5 nitrogen and oxygen atoms in total. The predicted molar refractivity (Wildman–Crippen MR) is 75.0 cm³/mol. The summed E-state index contributed by atoms with van der Waals surface area (Å²) in [5.74, 6) is 3.02. The molecule has 0 amide bonds. The molecule has 0 fully saturated rings. The molecule has 0 radical (unpaired) electrons. The van der Waals surface area contributed by atoms with E-state index < -0.39 is 0 Å². The van der Waals surface area contributed by atoms with Gasteiger partial charge >= 0.3 is 0 Å². The molecule has 0 aliphatic carbocycles. The van der Waals surface area contributed by atoms with E-state index >= 15 is 0 Å². The summed E-state index contributed by atoms with van der Waals surface area (Å²) < 4.78 is 16.9. The van der Waals surface area contributed by atoms with Gasteiger partial charge in [-0.2, -0.15) is 0 Å². The lowest BCUT2D eigenvalue weighted by Gasteiger charge is -2.08. The van der Waals surface area contributed by atoms with E-state index in [1.165, 1.54) is 0 Å². The van der Waals surface area contributed by atoms with Crippen LogP contribution in [-0.2, 0) is 6.42 Å². The van der Waals surface area contributed by atoms with Crippen molar-refractivity contribution < 1.29 is 13.9 Å². The predicted octanol–water partition coefficient (Wildman–Crippen LogP) is 2.31. The maximum Gasteiger partial charge on any atom is 0.196 e. The number of rotatable bonds is 3. The van der Waals surface area contributed by atoms with Gasteiger partial charge in [0.05, 0.1) is 13.2 Å². The van der Waals surface area contributed by atoms with Crippen LogP contribution in [0.3, 0.4) is 0 Å². The number of hydrogen-bond donors (Lipinski definition) is 1. The molecule has 3 rings (SSSR count). The fourth-order valence-corrected chi connectivity index (χ4v) is 2.26. The average Bonchev–Trinajstić information content (AvgIpc) is 2.68. The molecule has 0 atom stereocenters. The monoisotopic (exact) mass is 274 g/mol. The second kappa shape index (κ2) is 5.54. The van der Waals surface area contributed by atoms with Crippen LogP contribution in [0, 0.1) is 6.92 Å². The van der Waals surface area contributed by atoms with Gasteiger partial charge in [-0.3, -0.25) is 0 Å². The number of nitrogens with two attached hydrogens (primary N) is 1. The van der Waals surface area contributed by atoms with Crippen molar-refractivity contribution in [2.24, 2.45) is 5.73 Å². The highest BCUT2D eigenvalue weighted by Crippen LogP contribution is 2.35. The van der Waals surface area contributed by atoms with Gasteiger partial charge < -0.3 is 19.6 Å². The molecular weight excluding hydrogens is 256 g/mol. The molecule has 0 saturated heterocycles. The first-order valence-corrected chi connectivity index (χ1v) is 6.84. The number of nitrogens with zero attached hydrogens (tertiary/aromatic N) is 1. The number of ether oxygens (including phenoxy) is 2. The minimum absolute atomic E-state index is 0.528. The van der Waals surface area contributed by atoms with E-state index in [0.29, 0.717) is 32.1 Å². The van der Waals surface area contributed by atoms with Crippen LogP contribution < -0.4 is 15.2 Å². The van der Waals surface area contributed by atoms with E-state index in [1.807, 2.05) is 25.1 Å². The number of fused-ring (bicyclic) bond motifs is 1. The van der Waals surface area contributed by atoms with Crippen molar-refractivity contribution in [3.8, 4) is 22.8 Å². The Labute approximate surface area is 117 Å². The van der Waals surface area contributed by atoms with Crippen LogP contribution in [0.25, 0.3) is 11.3 Å². The van der Waals surface area contributed by atoms with Crippen LogP contribution in [-0.4, -0.2) is 24.7 Å². The minimum Gasteiger partial charge on any atom is -0.490 e. The summed E-state index contributed by atoms with van der Waals surface area (Å²) in [4.78, 5) is 4.50. The lowest BCUT2D eigenvalue weighted by atomic mass is 10.1. The Balaban J connectivity index is 1.96. The Bertz CT molecular complexity index is 607. The van der Waals surface area contributed by atoms with Crippen LogP contribution in [0.1, 0.15) is 18.1 Å². The van der Waals surface area contributed by atoms with Gasteiger partial charge in [0, 0.05) is 24.9 Å². The van der Waals surface area contributed by atoms with Crippen molar-refractivity contribution in [3.63, 3.8) is 0 Å². The fraction of sp³-hybridized carbons (Fsp3) is 0.400. The van der Waals surface area contributed by atoms with Gasteiger partial charge in [0.1, 0.15) is 11.5 Å². The molecule has 0 saturated carbocycles. The molecule has 5 heteroatoms. The topological polar surface area (TPSA) is 70.5 Å². The zero-order valence-corrected chi connectivity index (χ0v) is 11.5. The van der Waals surface area contributed by atoms with E-state index in [-0.39, 0.29) is 0 Å². The number of aromatic nitrogens is 1. The summed E-state index contributed by atoms with van der Waals surface area (Å²) in [5.41, 5.74) is 7.34. The van der Waals surface area contributed by atoms with Crippen LogP contribution in [0.5, 0.6) is 11.5 Å². The van der Waals surface area contributed by atoms with Gasteiger partial charge in [-0.15, -0.1) is 0 Å². The fourth-order valence-electron chi connectivity index (χ4n) is 2.26. The molecule has 2 heterocycles. The highest BCUT2D eigenvalue weighted by Gasteiger charge is 2.15. The van der Waals surface area contributed by atoms with Crippen molar-refractivity contribution in [1.82, 2.24) is 4.98 Å². The standard InChI is InChI=1S/C15H18N2O3/c1-10-15(17-14(20-10)5-6-16)11-3-4-12-13(9-11)19-8-2-7-18-12/h3-4,9H,2,5-8,16H2,1H3. The molecule has 20 heavy (non-hydrogen) atoms. The first kappa shape index (κ1) is 13.0.